The highest BCUT2D eigenvalue weighted by Gasteiger charge is 2.36. The number of rotatable bonds is 6. The monoisotopic (exact) mass is 448 g/mol. The zero-order valence-corrected chi connectivity index (χ0v) is 19.8. The van der Waals surface area contributed by atoms with Gasteiger partial charge in [-0.2, -0.15) is 5.10 Å². The zero-order valence-electron chi connectivity index (χ0n) is 19.8. The van der Waals surface area contributed by atoms with Crippen LogP contribution in [0, 0.1) is 6.92 Å². The predicted molar refractivity (Wildman–Crippen MR) is 128 cm³/mol. The van der Waals surface area contributed by atoms with Gasteiger partial charge >= 0.3 is 0 Å². The average Bonchev–Trinajstić information content (AvgIpc) is 3.37. The largest absolute Gasteiger partial charge is 0.383 e. The van der Waals surface area contributed by atoms with E-state index in [9.17, 15) is 0 Å². The van der Waals surface area contributed by atoms with Crippen molar-refractivity contribution in [2.24, 2.45) is 5.73 Å². The molecule has 1 aliphatic carbocycles. The molecule has 1 saturated carbocycles. The van der Waals surface area contributed by atoms with Gasteiger partial charge in [0.05, 0.1) is 29.6 Å². The second-order valence-electron chi connectivity index (χ2n) is 9.33. The van der Waals surface area contributed by atoms with Crippen molar-refractivity contribution in [1.29, 1.82) is 0 Å². The number of pyridine rings is 1. The fourth-order valence-corrected chi connectivity index (χ4v) is 4.92. The van der Waals surface area contributed by atoms with Crippen molar-refractivity contribution in [3.8, 4) is 11.3 Å². The minimum absolute atomic E-state index is 0.479. The van der Waals surface area contributed by atoms with Crippen molar-refractivity contribution in [2.75, 3.05) is 27.8 Å². The number of fused-ring (bicyclic) bond motifs is 2. The molecule has 0 unspecified atom stereocenters. The number of nitrogens with two attached hydrogens (primary N) is 1. The van der Waals surface area contributed by atoms with Crippen LogP contribution in [0.4, 0.5) is 0 Å². The van der Waals surface area contributed by atoms with E-state index in [1.165, 1.54) is 0 Å². The molecule has 0 bridgehead atoms. The van der Waals surface area contributed by atoms with Gasteiger partial charge < -0.3 is 19.9 Å². The molecule has 0 atom stereocenters. The van der Waals surface area contributed by atoms with Crippen LogP contribution in [0.1, 0.15) is 37.3 Å². The van der Waals surface area contributed by atoms with Crippen molar-refractivity contribution < 1.29 is 4.74 Å². The molecule has 9 nitrogen and oxygen atoms in total. The van der Waals surface area contributed by atoms with E-state index in [2.05, 4.69) is 28.5 Å². The molecule has 0 amide bonds. The van der Waals surface area contributed by atoms with Gasteiger partial charge in [-0.25, -0.2) is 19.5 Å². The number of nitrogens with zero attached hydrogens (tertiary/aromatic N) is 7. The molecule has 0 radical (unpaired) electrons. The van der Waals surface area contributed by atoms with Crippen LogP contribution in [0.15, 0.2) is 30.6 Å². The molecular formula is C24H32N8O. The highest BCUT2D eigenvalue weighted by molar-refractivity contribution is 5.82. The summed E-state index contributed by atoms with van der Waals surface area (Å²) in [6, 6.07) is 6.64. The van der Waals surface area contributed by atoms with Gasteiger partial charge in [0.1, 0.15) is 11.3 Å². The van der Waals surface area contributed by atoms with Gasteiger partial charge in [0.2, 0.25) is 0 Å². The topological polar surface area (TPSA) is 99.4 Å². The van der Waals surface area contributed by atoms with Gasteiger partial charge in [-0.05, 0) is 64.9 Å². The lowest BCUT2D eigenvalue weighted by Crippen LogP contribution is -2.46. The molecule has 2 N–H and O–H groups in total. The zero-order chi connectivity index (χ0) is 23.2. The number of hydrogen-bond donors (Lipinski definition) is 1. The highest BCUT2D eigenvalue weighted by atomic mass is 16.5. The van der Waals surface area contributed by atoms with Crippen molar-refractivity contribution in [3.63, 3.8) is 0 Å². The Morgan fingerprint density at radius 2 is 1.97 bits per heavy atom. The summed E-state index contributed by atoms with van der Waals surface area (Å²) in [6.07, 6.45) is 7.73. The normalized spacial score (nSPS) is 21.5. The summed E-state index contributed by atoms with van der Waals surface area (Å²) in [5, 5.41) is 4.82. The Hall–Kier alpha value is -2.88. The van der Waals surface area contributed by atoms with E-state index in [0.29, 0.717) is 25.0 Å². The second kappa shape index (κ2) is 8.48. The van der Waals surface area contributed by atoms with Gasteiger partial charge in [0.25, 0.3) is 0 Å². The molecule has 1 aliphatic rings. The third-order valence-electron chi connectivity index (χ3n) is 7.02. The molecule has 0 aliphatic heterocycles. The van der Waals surface area contributed by atoms with Gasteiger partial charge in [-0.15, -0.1) is 0 Å². The molecule has 0 saturated heterocycles. The highest BCUT2D eigenvalue weighted by Crippen LogP contribution is 2.35. The maximum atomic E-state index is 6.78. The van der Waals surface area contributed by atoms with E-state index in [1.54, 1.807) is 7.11 Å². The third kappa shape index (κ3) is 3.90. The summed E-state index contributed by atoms with van der Waals surface area (Å²) in [5.41, 5.74) is 10.8. The van der Waals surface area contributed by atoms with E-state index in [1.807, 2.05) is 42.0 Å². The lowest BCUT2D eigenvalue weighted by molar-refractivity contribution is 0.167. The SMILES string of the molecule is COCCn1c(C)nc2ccc(-c3ccn4nc(C5(N)CCC(N(C)C)CC5)ncc34)nc21. The third-order valence-corrected chi connectivity index (χ3v) is 7.02. The van der Waals surface area contributed by atoms with Crippen LogP contribution < -0.4 is 5.73 Å². The second-order valence-corrected chi connectivity index (χ2v) is 9.33. The summed E-state index contributed by atoms with van der Waals surface area (Å²) in [7, 11) is 5.97. The molecule has 33 heavy (non-hydrogen) atoms. The Balaban J connectivity index is 1.47. The fourth-order valence-electron chi connectivity index (χ4n) is 4.92. The molecule has 0 aromatic carbocycles. The van der Waals surface area contributed by atoms with Crippen LogP contribution in [0.3, 0.4) is 0 Å². The molecule has 5 rings (SSSR count). The first-order valence-electron chi connectivity index (χ1n) is 11.5. The Labute approximate surface area is 193 Å². The Kier molecular flexibility index (Phi) is 5.64. The van der Waals surface area contributed by atoms with E-state index in [4.69, 9.17) is 25.5 Å². The van der Waals surface area contributed by atoms with Crippen molar-refractivity contribution in [1.82, 2.24) is 34.0 Å². The maximum absolute atomic E-state index is 6.78. The van der Waals surface area contributed by atoms with Crippen molar-refractivity contribution in [3.05, 3.63) is 42.2 Å². The van der Waals surface area contributed by atoms with Crippen LogP contribution in [0.25, 0.3) is 27.9 Å². The summed E-state index contributed by atoms with van der Waals surface area (Å²) in [4.78, 5) is 16.6. The Morgan fingerprint density at radius 3 is 2.70 bits per heavy atom. The standard InChI is InChI=1S/C24H32N8O/c1-16-27-20-6-5-19(28-22(20)31(16)13-14-33-4)18-9-12-32-21(18)15-26-23(29-32)24(25)10-7-17(8-11-24)30(2)3/h5-6,9,12,15,17H,7-8,10-11,13-14,25H2,1-4H3. The van der Waals surface area contributed by atoms with E-state index in [0.717, 1.165) is 59.4 Å². The summed E-state index contributed by atoms with van der Waals surface area (Å²) in [6.45, 7) is 3.32. The summed E-state index contributed by atoms with van der Waals surface area (Å²) < 4.78 is 9.23. The lowest BCUT2D eigenvalue weighted by atomic mass is 9.79. The van der Waals surface area contributed by atoms with Crippen LogP contribution >= 0.6 is 0 Å². The van der Waals surface area contributed by atoms with Crippen LogP contribution in [-0.2, 0) is 16.8 Å². The average molecular weight is 449 g/mol. The number of ether oxygens (including phenoxy) is 1. The molecule has 1 fully saturated rings. The summed E-state index contributed by atoms with van der Waals surface area (Å²) >= 11 is 0. The summed E-state index contributed by atoms with van der Waals surface area (Å²) in [5.74, 6) is 1.64. The Bertz CT molecular complexity index is 1280. The van der Waals surface area contributed by atoms with E-state index >= 15 is 0 Å². The number of aromatic nitrogens is 6. The smallest absolute Gasteiger partial charge is 0.169 e. The number of methoxy groups -OCH3 is 1. The minimum Gasteiger partial charge on any atom is -0.383 e. The van der Waals surface area contributed by atoms with Gasteiger partial charge in [-0.1, -0.05) is 0 Å². The lowest BCUT2D eigenvalue weighted by Gasteiger charge is -2.38. The quantitative estimate of drug-likeness (QED) is 0.484. The van der Waals surface area contributed by atoms with Gasteiger partial charge in [-0.3, -0.25) is 0 Å². The van der Waals surface area contributed by atoms with E-state index < -0.39 is 5.54 Å². The molecule has 0 spiro atoms. The Morgan fingerprint density at radius 1 is 1.18 bits per heavy atom. The first kappa shape index (κ1) is 21.9. The number of hydrogen-bond acceptors (Lipinski definition) is 7. The molecule has 174 valence electrons. The van der Waals surface area contributed by atoms with Crippen LogP contribution in [-0.4, -0.2) is 67.9 Å². The van der Waals surface area contributed by atoms with Crippen LogP contribution in [0.2, 0.25) is 0 Å². The number of aryl methyl sites for hydroxylation is 1. The predicted octanol–water partition coefficient (Wildman–Crippen LogP) is 2.75. The van der Waals surface area contributed by atoms with Crippen molar-refractivity contribution in [2.45, 2.75) is 50.7 Å². The van der Waals surface area contributed by atoms with Gasteiger partial charge in [0.15, 0.2) is 11.5 Å². The van der Waals surface area contributed by atoms with Crippen molar-refractivity contribution >= 4 is 16.7 Å². The van der Waals surface area contributed by atoms with E-state index in [-0.39, 0.29) is 0 Å². The molecule has 4 heterocycles. The molecule has 4 aromatic rings. The molecule has 9 heteroatoms. The molecule has 4 aromatic heterocycles. The maximum Gasteiger partial charge on any atom is 0.169 e. The molecular weight excluding hydrogens is 416 g/mol. The number of imidazole rings is 1. The first-order chi connectivity index (χ1) is 15.9. The fraction of sp³-hybridized carbons (Fsp3) is 0.500. The minimum atomic E-state index is -0.479. The first-order valence-corrected chi connectivity index (χ1v) is 11.5. The van der Waals surface area contributed by atoms with Gasteiger partial charge in [0, 0.05) is 31.5 Å². The van der Waals surface area contributed by atoms with Crippen LogP contribution in [0.5, 0.6) is 0 Å².